The summed E-state index contributed by atoms with van der Waals surface area (Å²) in [6, 6.07) is 2.60. The molecule has 0 aliphatic carbocycles. The molecule has 9 heteroatoms. The average molecular weight is 278 g/mol. The van der Waals surface area contributed by atoms with Crippen molar-refractivity contribution in [3.63, 3.8) is 0 Å². The quantitative estimate of drug-likeness (QED) is 0.807. The van der Waals surface area contributed by atoms with Crippen LogP contribution in [0.2, 0.25) is 0 Å². The molecular formula is C10H5F5N3O. The second-order valence-corrected chi connectivity index (χ2v) is 3.30. The molecule has 2 aromatic rings. The van der Waals surface area contributed by atoms with E-state index in [4.69, 9.17) is 0 Å². The van der Waals surface area contributed by atoms with E-state index in [2.05, 4.69) is 15.0 Å². The van der Waals surface area contributed by atoms with Crippen molar-refractivity contribution in [3.05, 3.63) is 35.8 Å². The average Bonchev–Trinajstić information content (AvgIpc) is 2.76. The van der Waals surface area contributed by atoms with Gasteiger partial charge in [0.1, 0.15) is 5.82 Å². The minimum absolute atomic E-state index is 0.0962. The first-order chi connectivity index (χ1) is 8.99. The van der Waals surface area contributed by atoms with E-state index in [-0.39, 0.29) is 5.69 Å². The zero-order chi connectivity index (χ0) is 14.0. The van der Waals surface area contributed by atoms with Crippen LogP contribution in [-0.4, -0.2) is 21.6 Å². The lowest BCUT2D eigenvalue weighted by atomic mass is 10.2. The van der Waals surface area contributed by atoms with Crippen molar-refractivity contribution in [1.82, 2.24) is 15.0 Å². The molecule has 2 rings (SSSR count). The van der Waals surface area contributed by atoms with Gasteiger partial charge < -0.3 is 4.74 Å². The number of hydrogen-bond donors (Lipinski definition) is 0. The zero-order valence-corrected chi connectivity index (χ0v) is 9.03. The third kappa shape index (κ3) is 2.80. The van der Waals surface area contributed by atoms with E-state index in [0.29, 0.717) is 4.68 Å². The van der Waals surface area contributed by atoms with E-state index >= 15 is 0 Å². The van der Waals surface area contributed by atoms with Crippen LogP contribution in [0, 0.1) is 12.0 Å². The fourth-order valence-electron chi connectivity index (χ4n) is 1.36. The normalized spacial score (nSPS) is 11.3. The summed E-state index contributed by atoms with van der Waals surface area (Å²) in [5, 5.41) is 6.55. The van der Waals surface area contributed by atoms with Crippen LogP contribution in [0.3, 0.4) is 0 Å². The molecule has 0 bridgehead atoms. The third-order valence-electron chi connectivity index (χ3n) is 2.13. The first kappa shape index (κ1) is 13.2. The van der Waals surface area contributed by atoms with Crippen molar-refractivity contribution in [3.8, 4) is 11.6 Å². The monoisotopic (exact) mass is 278 g/mol. The molecule has 0 amide bonds. The van der Waals surface area contributed by atoms with Crippen LogP contribution in [0.4, 0.5) is 22.0 Å². The van der Waals surface area contributed by atoms with E-state index < -0.39 is 30.3 Å². The summed E-state index contributed by atoms with van der Waals surface area (Å²) in [5.41, 5.74) is -0.975. The Labute approximate surface area is 103 Å². The summed E-state index contributed by atoms with van der Waals surface area (Å²) < 4.78 is 67.0. The predicted octanol–water partition coefficient (Wildman–Crippen LogP) is 2.75. The highest BCUT2D eigenvalue weighted by Crippen LogP contribution is 2.26. The third-order valence-corrected chi connectivity index (χ3v) is 2.13. The Balaban J connectivity index is 2.42. The standard InChI is InChI=1S/C10H5F5N3O/c11-7-2-1-5(3-6(7)9(12)13)18-8(4-16-17-18)19-10(14)15/h1-3,9-10H. The Hall–Kier alpha value is -2.19. The molecule has 0 aliphatic rings. The van der Waals surface area contributed by atoms with Gasteiger partial charge in [0.25, 0.3) is 12.3 Å². The van der Waals surface area contributed by atoms with Crippen molar-refractivity contribution in [2.75, 3.05) is 0 Å². The molecule has 19 heavy (non-hydrogen) atoms. The molecule has 1 aromatic heterocycles. The lowest BCUT2D eigenvalue weighted by molar-refractivity contribution is -0.0546. The van der Waals surface area contributed by atoms with Crippen molar-refractivity contribution in [1.29, 1.82) is 0 Å². The minimum Gasteiger partial charge on any atom is -0.414 e. The van der Waals surface area contributed by atoms with Gasteiger partial charge in [-0.25, -0.2) is 13.2 Å². The fourth-order valence-corrected chi connectivity index (χ4v) is 1.36. The molecule has 0 atom stereocenters. The van der Waals surface area contributed by atoms with Crippen molar-refractivity contribution in [2.45, 2.75) is 13.0 Å². The number of hydrogen-bond acceptors (Lipinski definition) is 3. The van der Waals surface area contributed by atoms with Gasteiger partial charge in [-0.1, -0.05) is 5.21 Å². The van der Waals surface area contributed by atoms with Gasteiger partial charge in [-0.2, -0.15) is 13.5 Å². The Bertz CT molecular complexity index is 572. The Morgan fingerprint density at radius 2 is 1.95 bits per heavy atom. The fraction of sp³-hybridized carbons (Fsp3) is 0.200. The first-order valence-electron chi connectivity index (χ1n) is 4.85. The van der Waals surface area contributed by atoms with Gasteiger partial charge in [-0.05, 0) is 18.2 Å². The summed E-state index contributed by atoms with van der Waals surface area (Å²) in [4.78, 5) is 0. The second kappa shape index (κ2) is 5.21. The van der Waals surface area contributed by atoms with Crippen LogP contribution in [-0.2, 0) is 0 Å². The maximum Gasteiger partial charge on any atom is 0.388 e. The molecule has 1 heterocycles. The van der Waals surface area contributed by atoms with Gasteiger partial charge in [0.2, 0.25) is 0 Å². The Kier molecular flexibility index (Phi) is 3.63. The molecule has 4 nitrogen and oxygen atoms in total. The summed E-state index contributed by atoms with van der Waals surface area (Å²) in [6.07, 6.45) is -1.03. The largest absolute Gasteiger partial charge is 0.414 e. The maximum absolute atomic E-state index is 13.1. The molecular weight excluding hydrogens is 273 g/mol. The highest BCUT2D eigenvalue weighted by Gasteiger charge is 2.18. The van der Waals surface area contributed by atoms with Crippen LogP contribution < -0.4 is 4.74 Å². The van der Waals surface area contributed by atoms with E-state index in [1.807, 2.05) is 6.20 Å². The van der Waals surface area contributed by atoms with E-state index in [0.717, 1.165) is 18.2 Å². The first-order valence-corrected chi connectivity index (χ1v) is 4.85. The molecule has 1 aromatic carbocycles. The van der Waals surface area contributed by atoms with Gasteiger partial charge in [0, 0.05) is 0 Å². The highest BCUT2D eigenvalue weighted by atomic mass is 19.3. The number of rotatable bonds is 4. The summed E-state index contributed by atoms with van der Waals surface area (Å²) >= 11 is 0. The van der Waals surface area contributed by atoms with E-state index in [9.17, 15) is 22.0 Å². The number of aromatic nitrogens is 3. The molecule has 0 saturated heterocycles. The van der Waals surface area contributed by atoms with Crippen molar-refractivity contribution >= 4 is 0 Å². The zero-order valence-electron chi connectivity index (χ0n) is 9.03. The number of nitrogens with zero attached hydrogens (tertiary/aromatic N) is 3. The number of benzene rings is 1. The Morgan fingerprint density at radius 3 is 2.58 bits per heavy atom. The van der Waals surface area contributed by atoms with Crippen molar-refractivity contribution in [2.24, 2.45) is 0 Å². The SMILES string of the molecule is Fc1ccc(-n2nn[c]c2OC(F)F)cc1C(F)F. The molecule has 0 unspecified atom stereocenters. The summed E-state index contributed by atoms with van der Waals surface area (Å²) in [5.74, 6) is -1.68. The van der Waals surface area contributed by atoms with Crippen LogP contribution in [0.1, 0.15) is 12.0 Å². The molecule has 0 aliphatic heterocycles. The number of ether oxygens (including phenoxy) is 1. The lowest BCUT2D eigenvalue weighted by Crippen LogP contribution is -2.08. The summed E-state index contributed by atoms with van der Waals surface area (Å²) in [7, 11) is 0. The van der Waals surface area contributed by atoms with Crippen LogP contribution in [0.25, 0.3) is 5.69 Å². The maximum atomic E-state index is 13.1. The van der Waals surface area contributed by atoms with Crippen LogP contribution in [0.5, 0.6) is 5.88 Å². The van der Waals surface area contributed by atoms with Crippen molar-refractivity contribution < 1.29 is 26.7 Å². The smallest absolute Gasteiger partial charge is 0.388 e. The minimum atomic E-state index is -3.15. The second-order valence-electron chi connectivity index (χ2n) is 3.30. The van der Waals surface area contributed by atoms with Gasteiger partial charge >= 0.3 is 6.61 Å². The molecule has 0 fully saturated rings. The van der Waals surface area contributed by atoms with Crippen LogP contribution in [0.15, 0.2) is 18.2 Å². The van der Waals surface area contributed by atoms with Gasteiger partial charge in [-0.3, -0.25) is 0 Å². The highest BCUT2D eigenvalue weighted by molar-refractivity contribution is 5.38. The number of halogens is 5. The topological polar surface area (TPSA) is 39.9 Å². The van der Waals surface area contributed by atoms with E-state index in [1.165, 1.54) is 0 Å². The molecule has 0 saturated carbocycles. The Morgan fingerprint density at radius 1 is 1.21 bits per heavy atom. The van der Waals surface area contributed by atoms with Gasteiger partial charge in [-0.15, -0.1) is 5.10 Å². The summed E-state index contributed by atoms with van der Waals surface area (Å²) in [6.45, 7) is -3.15. The lowest BCUT2D eigenvalue weighted by Gasteiger charge is -2.08. The van der Waals surface area contributed by atoms with E-state index in [1.54, 1.807) is 0 Å². The predicted molar refractivity (Wildman–Crippen MR) is 51.7 cm³/mol. The molecule has 0 spiro atoms. The molecule has 101 valence electrons. The van der Waals surface area contributed by atoms with Gasteiger partial charge in [0.15, 0.2) is 6.20 Å². The molecule has 1 radical (unpaired) electrons. The van der Waals surface area contributed by atoms with Crippen LogP contribution >= 0.6 is 0 Å². The number of alkyl halides is 4. The molecule has 0 N–H and O–H groups in total. The van der Waals surface area contributed by atoms with Gasteiger partial charge in [0.05, 0.1) is 11.3 Å².